The van der Waals surface area contributed by atoms with Gasteiger partial charge in [-0.15, -0.1) is 12.4 Å². The van der Waals surface area contributed by atoms with Crippen LogP contribution >= 0.6 is 12.4 Å². The molecule has 3 N–H and O–H groups in total. The highest BCUT2D eigenvalue weighted by Gasteiger charge is 2.28. The van der Waals surface area contributed by atoms with Gasteiger partial charge in [-0.1, -0.05) is 24.3 Å². The molecule has 1 aliphatic heterocycles. The fourth-order valence-electron chi connectivity index (χ4n) is 2.49. The third-order valence-corrected chi connectivity index (χ3v) is 3.59. The fraction of sp³-hybridized carbons (Fsp3) is 0.412. The highest BCUT2D eigenvalue weighted by Crippen LogP contribution is 2.32. The molecule has 0 aliphatic carbocycles. The predicted molar refractivity (Wildman–Crippen MR) is 93.9 cm³/mol. The molecule has 0 saturated heterocycles. The number of halogens is 1. The first-order chi connectivity index (χ1) is 10.3. The standard InChI is InChI=1S/C17H23N3O2.ClH/c1-12(21)20-9-8-13-6-4-5-7-14(13)15(20)10-16(22)19-11-17(2,3)18;/h4-9,15H,10-11,18H2,1-3H3,(H,19,22);1H. The van der Waals surface area contributed by atoms with Gasteiger partial charge < -0.3 is 16.0 Å². The summed E-state index contributed by atoms with van der Waals surface area (Å²) in [5, 5.41) is 2.83. The molecule has 0 aromatic heterocycles. The van der Waals surface area contributed by atoms with Crippen molar-refractivity contribution in [3.63, 3.8) is 0 Å². The lowest BCUT2D eigenvalue weighted by molar-refractivity contribution is -0.130. The lowest BCUT2D eigenvalue weighted by atomic mass is 9.93. The number of nitrogens with two attached hydrogens (primary N) is 1. The molecule has 2 rings (SSSR count). The molecular weight excluding hydrogens is 314 g/mol. The van der Waals surface area contributed by atoms with Crippen molar-refractivity contribution in [1.82, 2.24) is 10.2 Å². The number of benzene rings is 1. The quantitative estimate of drug-likeness (QED) is 0.884. The maximum Gasteiger partial charge on any atom is 0.223 e. The maximum absolute atomic E-state index is 12.2. The topological polar surface area (TPSA) is 75.4 Å². The second-order valence-electron chi connectivity index (χ2n) is 6.36. The minimum absolute atomic E-state index is 0. The molecule has 0 saturated carbocycles. The van der Waals surface area contributed by atoms with Crippen molar-refractivity contribution >= 4 is 30.3 Å². The number of nitrogens with one attached hydrogen (secondary N) is 1. The van der Waals surface area contributed by atoms with E-state index in [1.807, 2.05) is 44.2 Å². The molecular formula is C17H24ClN3O2. The van der Waals surface area contributed by atoms with E-state index in [1.165, 1.54) is 6.92 Å². The van der Waals surface area contributed by atoms with Crippen molar-refractivity contribution in [2.75, 3.05) is 6.54 Å². The van der Waals surface area contributed by atoms with Crippen molar-refractivity contribution < 1.29 is 9.59 Å². The van der Waals surface area contributed by atoms with Gasteiger partial charge in [0, 0.05) is 25.2 Å². The van der Waals surface area contributed by atoms with Crippen LogP contribution in [0.15, 0.2) is 30.5 Å². The summed E-state index contributed by atoms with van der Waals surface area (Å²) in [5.41, 5.74) is 7.45. The molecule has 126 valence electrons. The normalized spacial score (nSPS) is 16.3. The van der Waals surface area contributed by atoms with Crippen LogP contribution in [0.3, 0.4) is 0 Å². The third kappa shape index (κ3) is 5.08. The van der Waals surface area contributed by atoms with Gasteiger partial charge in [0.1, 0.15) is 0 Å². The Morgan fingerprint density at radius 2 is 1.96 bits per heavy atom. The van der Waals surface area contributed by atoms with Gasteiger partial charge in [0.15, 0.2) is 0 Å². The summed E-state index contributed by atoms with van der Waals surface area (Å²) in [7, 11) is 0. The number of hydrogen-bond donors (Lipinski definition) is 2. The van der Waals surface area contributed by atoms with E-state index in [4.69, 9.17) is 5.73 Å². The van der Waals surface area contributed by atoms with E-state index < -0.39 is 5.54 Å². The monoisotopic (exact) mass is 337 g/mol. The largest absolute Gasteiger partial charge is 0.354 e. The van der Waals surface area contributed by atoms with Crippen LogP contribution in [-0.4, -0.2) is 28.8 Å². The summed E-state index contributed by atoms with van der Waals surface area (Å²) in [6.07, 6.45) is 3.86. The zero-order chi connectivity index (χ0) is 16.3. The fourth-order valence-corrected chi connectivity index (χ4v) is 2.49. The number of hydrogen-bond acceptors (Lipinski definition) is 3. The van der Waals surface area contributed by atoms with Gasteiger partial charge in [0.25, 0.3) is 0 Å². The third-order valence-electron chi connectivity index (χ3n) is 3.59. The highest BCUT2D eigenvalue weighted by molar-refractivity contribution is 5.85. The Balaban J connectivity index is 0.00000264. The molecule has 0 spiro atoms. The number of fused-ring (bicyclic) bond motifs is 1. The Bertz CT molecular complexity index is 608. The van der Waals surface area contributed by atoms with Crippen molar-refractivity contribution in [2.24, 2.45) is 5.73 Å². The molecule has 23 heavy (non-hydrogen) atoms. The van der Waals surface area contributed by atoms with E-state index >= 15 is 0 Å². The van der Waals surface area contributed by atoms with E-state index in [0.29, 0.717) is 6.54 Å². The number of carbonyl (C=O) groups excluding carboxylic acids is 2. The van der Waals surface area contributed by atoms with Gasteiger partial charge in [-0.05, 0) is 31.1 Å². The van der Waals surface area contributed by atoms with Crippen molar-refractivity contribution in [3.05, 3.63) is 41.6 Å². The van der Waals surface area contributed by atoms with E-state index in [-0.39, 0.29) is 36.7 Å². The minimum atomic E-state index is -0.458. The molecule has 1 unspecified atom stereocenters. The lowest BCUT2D eigenvalue weighted by Crippen LogP contribution is -2.46. The molecule has 1 atom stereocenters. The molecule has 1 aliphatic rings. The predicted octanol–water partition coefficient (Wildman–Crippen LogP) is 2.23. The zero-order valence-corrected chi connectivity index (χ0v) is 14.5. The zero-order valence-electron chi connectivity index (χ0n) is 13.7. The van der Waals surface area contributed by atoms with E-state index in [0.717, 1.165) is 11.1 Å². The molecule has 1 heterocycles. The number of nitrogens with zero attached hydrogens (tertiary/aromatic N) is 1. The summed E-state index contributed by atoms with van der Waals surface area (Å²) >= 11 is 0. The molecule has 2 amide bonds. The Kier molecular flexibility index (Phi) is 6.36. The number of rotatable bonds is 4. The average Bonchev–Trinajstić information content (AvgIpc) is 2.44. The van der Waals surface area contributed by atoms with Crippen LogP contribution in [0.2, 0.25) is 0 Å². The van der Waals surface area contributed by atoms with Gasteiger partial charge in [0.2, 0.25) is 11.8 Å². The van der Waals surface area contributed by atoms with Gasteiger partial charge in [-0.2, -0.15) is 0 Å². The number of amides is 2. The maximum atomic E-state index is 12.2. The molecule has 6 heteroatoms. The summed E-state index contributed by atoms with van der Waals surface area (Å²) in [6, 6.07) is 7.53. The molecule has 5 nitrogen and oxygen atoms in total. The Hall–Kier alpha value is -1.85. The summed E-state index contributed by atoms with van der Waals surface area (Å²) in [5.74, 6) is -0.192. The van der Waals surface area contributed by atoms with E-state index in [1.54, 1.807) is 11.1 Å². The molecule has 0 fully saturated rings. The summed E-state index contributed by atoms with van der Waals surface area (Å²) in [4.78, 5) is 25.7. The lowest BCUT2D eigenvalue weighted by Gasteiger charge is -2.32. The van der Waals surface area contributed by atoms with Crippen molar-refractivity contribution in [1.29, 1.82) is 0 Å². The first-order valence-electron chi connectivity index (χ1n) is 7.39. The van der Waals surface area contributed by atoms with Gasteiger partial charge >= 0.3 is 0 Å². The smallest absolute Gasteiger partial charge is 0.223 e. The van der Waals surface area contributed by atoms with Crippen molar-refractivity contribution in [2.45, 2.75) is 38.8 Å². The molecule has 0 bridgehead atoms. The molecule has 1 aromatic rings. The average molecular weight is 338 g/mol. The SMILES string of the molecule is CC(=O)N1C=Cc2ccccc2C1CC(=O)NCC(C)(C)N.Cl. The van der Waals surface area contributed by atoms with Crippen LogP contribution in [0.25, 0.3) is 6.08 Å². The summed E-state index contributed by atoms with van der Waals surface area (Å²) < 4.78 is 0. The van der Waals surface area contributed by atoms with Crippen LogP contribution in [0, 0.1) is 0 Å². The van der Waals surface area contributed by atoms with Crippen LogP contribution in [-0.2, 0) is 9.59 Å². The van der Waals surface area contributed by atoms with Crippen LogP contribution in [0.1, 0.15) is 44.4 Å². The Morgan fingerprint density at radius 3 is 2.57 bits per heavy atom. The number of carbonyl (C=O) groups is 2. The second-order valence-corrected chi connectivity index (χ2v) is 6.36. The Labute approximate surface area is 143 Å². The molecule has 0 radical (unpaired) electrons. The van der Waals surface area contributed by atoms with Gasteiger partial charge in [-0.3, -0.25) is 9.59 Å². The van der Waals surface area contributed by atoms with Crippen LogP contribution < -0.4 is 11.1 Å². The van der Waals surface area contributed by atoms with E-state index in [9.17, 15) is 9.59 Å². The van der Waals surface area contributed by atoms with Crippen molar-refractivity contribution in [3.8, 4) is 0 Å². The van der Waals surface area contributed by atoms with Crippen LogP contribution in [0.5, 0.6) is 0 Å². The van der Waals surface area contributed by atoms with Gasteiger partial charge in [-0.25, -0.2) is 0 Å². The molecule has 1 aromatic carbocycles. The summed E-state index contributed by atoms with van der Waals surface area (Å²) in [6.45, 7) is 5.61. The first kappa shape index (κ1) is 19.2. The minimum Gasteiger partial charge on any atom is -0.354 e. The highest BCUT2D eigenvalue weighted by atomic mass is 35.5. The van der Waals surface area contributed by atoms with Gasteiger partial charge in [0.05, 0.1) is 12.5 Å². The van der Waals surface area contributed by atoms with E-state index in [2.05, 4.69) is 5.32 Å². The second kappa shape index (κ2) is 7.62. The Morgan fingerprint density at radius 1 is 1.30 bits per heavy atom. The van der Waals surface area contributed by atoms with Crippen LogP contribution in [0.4, 0.5) is 0 Å². The first-order valence-corrected chi connectivity index (χ1v) is 7.39.